The molecular weight excluding hydrogens is 440 g/mol. The molecule has 0 fully saturated rings. The number of aryl methyl sites for hydroxylation is 1. The highest BCUT2D eigenvalue weighted by molar-refractivity contribution is 5.76. The van der Waals surface area contributed by atoms with Crippen molar-refractivity contribution in [2.45, 2.75) is 65.1 Å². The van der Waals surface area contributed by atoms with Crippen molar-refractivity contribution in [2.75, 3.05) is 6.54 Å². The van der Waals surface area contributed by atoms with Gasteiger partial charge in [0.1, 0.15) is 12.4 Å². The van der Waals surface area contributed by atoms with E-state index in [1.54, 1.807) is 12.3 Å². The zero-order valence-corrected chi connectivity index (χ0v) is 20.6. The van der Waals surface area contributed by atoms with Crippen molar-refractivity contribution >= 4 is 5.91 Å². The molecule has 184 valence electrons. The van der Waals surface area contributed by atoms with E-state index in [9.17, 15) is 14.7 Å². The van der Waals surface area contributed by atoms with Crippen molar-refractivity contribution in [2.24, 2.45) is 0 Å². The number of hydrogen-bond donors (Lipinski definition) is 1. The summed E-state index contributed by atoms with van der Waals surface area (Å²) in [5.41, 5.74) is 3.71. The van der Waals surface area contributed by atoms with Crippen molar-refractivity contribution < 1.29 is 14.6 Å². The van der Waals surface area contributed by atoms with Crippen molar-refractivity contribution in [3.8, 4) is 11.5 Å². The Bertz CT molecular complexity index is 1220. The van der Waals surface area contributed by atoms with Crippen LogP contribution in [0.5, 0.6) is 11.5 Å². The largest absolute Gasteiger partial charge is 0.508 e. The zero-order valence-electron chi connectivity index (χ0n) is 20.6. The number of carbonyl (C=O) groups is 1. The van der Waals surface area contributed by atoms with Crippen LogP contribution in [0.3, 0.4) is 0 Å². The fourth-order valence-corrected chi connectivity index (χ4v) is 4.95. The summed E-state index contributed by atoms with van der Waals surface area (Å²) in [5, 5.41) is 10.2. The molecule has 6 heteroatoms. The number of pyridine rings is 1. The summed E-state index contributed by atoms with van der Waals surface area (Å²) in [4.78, 5) is 27.8. The van der Waals surface area contributed by atoms with Crippen LogP contribution in [0, 0.1) is 6.92 Å². The molecule has 1 aromatic heterocycles. The number of nitrogens with zero attached hydrogens (tertiary/aromatic N) is 2. The Balaban J connectivity index is 1.43. The molecule has 2 aromatic carbocycles. The summed E-state index contributed by atoms with van der Waals surface area (Å²) in [7, 11) is 0. The molecule has 0 radical (unpaired) electrons. The quantitative estimate of drug-likeness (QED) is 0.491. The number of ether oxygens (including phenoxy) is 1. The van der Waals surface area contributed by atoms with Crippen molar-refractivity contribution in [1.29, 1.82) is 0 Å². The molecule has 0 saturated heterocycles. The van der Waals surface area contributed by atoms with E-state index in [0.717, 1.165) is 48.1 Å². The molecule has 0 spiro atoms. The summed E-state index contributed by atoms with van der Waals surface area (Å²) >= 11 is 0. The first kappa shape index (κ1) is 24.6. The number of aromatic nitrogens is 1. The minimum atomic E-state index is -0.155. The maximum atomic E-state index is 13.3. The van der Waals surface area contributed by atoms with Gasteiger partial charge in [0.25, 0.3) is 0 Å². The van der Waals surface area contributed by atoms with Crippen LogP contribution >= 0.6 is 0 Å². The molecule has 1 atom stereocenters. The minimum Gasteiger partial charge on any atom is -0.508 e. The number of benzene rings is 2. The monoisotopic (exact) mass is 474 g/mol. The maximum absolute atomic E-state index is 13.3. The van der Waals surface area contributed by atoms with E-state index in [4.69, 9.17) is 4.74 Å². The molecule has 0 unspecified atom stereocenters. The first-order valence-corrected chi connectivity index (χ1v) is 12.4. The minimum absolute atomic E-state index is 0.116. The lowest BCUT2D eigenvalue weighted by atomic mass is 9.86. The van der Waals surface area contributed by atoms with E-state index in [2.05, 4.69) is 13.0 Å². The highest BCUT2D eigenvalue weighted by Crippen LogP contribution is 2.31. The summed E-state index contributed by atoms with van der Waals surface area (Å²) in [5.74, 6) is 0.802. The number of phenols is 1. The second-order valence-corrected chi connectivity index (χ2v) is 9.21. The molecule has 4 rings (SSSR count). The Kier molecular flexibility index (Phi) is 7.91. The first-order valence-electron chi connectivity index (χ1n) is 12.4. The number of carbonyl (C=O) groups excluding carboxylic acids is 1. The lowest BCUT2D eigenvalue weighted by Gasteiger charge is -2.35. The van der Waals surface area contributed by atoms with Gasteiger partial charge in [-0.3, -0.25) is 9.59 Å². The fourth-order valence-electron chi connectivity index (χ4n) is 4.95. The number of rotatable bonds is 9. The third-order valence-corrected chi connectivity index (χ3v) is 6.84. The first-order chi connectivity index (χ1) is 17.0. The molecule has 1 aliphatic carbocycles. The van der Waals surface area contributed by atoms with Gasteiger partial charge < -0.3 is 19.3 Å². The van der Waals surface area contributed by atoms with Crippen LogP contribution < -0.4 is 10.2 Å². The van der Waals surface area contributed by atoms with E-state index < -0.39 is 0 Å². The van der Waals surface area contributed by atoms with Gasteiger partial charge in [0.15, 0.2) is 5.75 Å². The highest BCUT2D eigenvalue weighted by Gasteiger charge is 2.28. The Hall–Kier alpha value is -3.54. The topological polar surface area (TPSA) is 71.8 Å². The smallest absolute Gasteiger partial charge is 0.224 e. The van der Waals surface area contributed by atoms with E-state index in [0.29, 0.717) is 37.6 Å². The van der Waals surface area contributed by atoms with Gasteiger partial charge in [0, 0.05) is 37.8 Å². The van der Waals surface area contributed by atoms with E-state index in [1.807, 2.05) is 52.8 Å². The van der Waals surface area contributed by atoms with E-state index in [1.165, 1.54) is 6.07 Å². The predicted molar refractivity (Wildman–Crippen MR) is 137 cm³/mol. The average molecular weight is 475 g/mol. The maximum Gasteiger partial charge on any atom is 0.224 e. The SMILES string of the molecule is CCCN(C(=O)CCn1ccc(=O)c(OCc2ccccc2)c1C)[C@H]1CCc2c(O)cccc2C1. The molecule has 1 amide bonds. The number of aromatic hydroxyl groups is 1. The van der Waals surface area contributed by atoms with Crippen molar-refractivity contribution in [1.82, 2.24) is 9.47 Å². The van der Waals surface area contributed by atoms with Crippen LogP contribution in [-0.2, 0) is 30.8 Å². The molecule has 1 aliphatic rings. The van der Waals surface area contributed by atoms with Gasteiger partial charge in [0.2, 0.25) is 11.3 Å². The Morgan fingerprint density at radius 3 is 2.71 bits per heavy atom. The lowest BCUT2D eigenvalue weighted by Crippen LogP contribution is -2.44. The fraction of sp³-hybridized carbons (Fsp3) is 0.379. The van der Waals surface area contributed by atoms with Crippen molar-refractivity contribution in [3.63, 3.8) is 0 Å². The van der Waals surface area contributed by atoms with Gasteiger partial charge in [-0.1, -0.05) is 49.4 Å². The normalized spacial score (nSPS) is 14.9. The zero-order chi connectivity index (χ0) is 24.8. The van der Waals surface area contributed by atoms with Gasteiger partial charge in [-0.05, 0) is 55.4 Å². The summed E-state index contributed by atoms with van der Waals surface area (Å²) in [6.07, 6.45) is 5.38. The summed E-state index contributed by atoms with van der Waals surface area (Å²) in [6.45, 7) is 5.47. The molecule has 3 aromatic rings. The molecule has 35 heavy (non-hydrogen) atoms. The highest BCUT2D eigenvalue weighted by atomic mass is 16.5. The standard InChI is InChI=1S/C29H34N2O4/c1-3-16-31(24-12-13-25-23(19-24)10-7-11-26(25)32)28(34)15-18-30-17-14-27(33)29(21(30)2)35-20-22-8-5-4-6-9-22/h4-11,14,17,24,32H,3,12-13,15-16,18-20H2,1-2H3/t24-/m0/s1. The van der Waals surface area contributed by atoms with Crippen LogP contribution in [0.15, 0.2) is 65.6 Å². The Morgan fingerprint density at radius 2 is 1.94 bits per heavy atom. The average Bonchev–Trinajstić information content (AvgIpc) is 2.87. The third-order valence-electron chi connectivity index (χ3n) is 6.84. The Labute approximate surface area is 206 Å². The number of fused-ring (bicyclic) bond motifs is 1. The summed E-state index contributed by atoms with van der Waals surface area (Å²) in [6, 6.07) is 17.0. The van der Waals surface area contributed by atoms with Crippen LogP contribution in [0.1, 0.15) is 48.6 Å². The third kappa shape index (κ3) is 5.76. The number of amides is 1. The Morgan fingerprint density at radius 1 is 1.14 bits per heavy atom. The van der Waals surface area contributed by atoms with Crippen LogP contribution in [0.25, 0.3) is 0 Å². The number of hydrogen-bond acceptors (Lipinski definition) is 4. The molecule has 1 N–H and O–H groups in total. The van der Waals surface area contributed by atoms with E-state index in [-0.39, 0.29) is 17.4 Å². The number of phenolic OH excluding ortho intramolecular Hbond substituents is 1. The van der Waals surface area contributed by atoms with Gasteiger partial charge in [-0.2, -0.15) is 0 Å². The molecular formula is C29H34N2O4. The second kappa shape index (κ2) is 11.3. The molecule has 0 aliphatic heterocycles. The van der Waals surface area contributed by atoms with Gasteiger partial charge in [-0.25, -0.2) is 0 Å². The molecule has 1 heterocycles. The lowest BCUT2D eigenvalue weighted by molar-refractivity contribution is -0.134. The van der Waals surface area contributed by atoms with Crippen molar-refractivity contribution in [3.05, 3.63) is 93.4 Å². The van der Waals surface area contributed by atoms with E-state index >= 15 is 0 Å². The van der Waals surface area contributed by atoms with Gasteiger partial charge >= 0.3 is 0 Å². The molecule has 0 saturated carbocycles. The van der Waals surface area contributed by atoms with Crippen LogP contribution in [0.4, 0.5) is 0 Å². The van der Waals surface area contributed by atoms with Crippen LogP contribution in [0.2, 0.25) is 0 Å². The second-order valence-electron chi connectivity index (χ2n) is 9.21. The summed E-state index contributed by atoms with van der Waals surface area (Å²) < 4.78 is 7.80. The predicted octanol–water partition coefficient (Wildman–Crippen LogP) is 4.63. The molecule has 6 nitrogen and oxygen atoms in total. The molecule has 0 bridgehead atoms. The van der Waals surface area contributed by atoms with Gasteiger partial charge in [0.05, 0.1) is 5.69 Å². The van der Waals surface area contributed by atoms with Crippen LogP contribution in [-0.4, -0.2) is 33.1 Å². The van der Waals surface area contributed by atoms with Gasteiger partial charge in [-0.15, -0.1) is 0 Å².